The minimum atomic E-state index is -0.928. The Kier molecular flexibility index (Phi) is 7.65. The van der Waals surface area contributed by atoms with E-state index in [1.165, 1.54) is 30.9 Å². The summed E-state index contributed by atoms with van der Waals surface area (Å²) in [5.41, 5.74) is -0.591. The number of aryl methyl sites for hydroxylation is 1. The van der Waals surface area contributed by atoms with E-state index in [9.17, 15) is 19.2 Å². The Morgan fingerprint density at radius 3 is 2.14 bits per heavy atom. The van der Waals surface area contributed by atoms with Gasteiger partial charge < -0.3 is 14.0 Å². The molecule has 0 radical (unpaired) electrons. The van der Waals surface area contributed by atoms with Gasteiger partial charge in [0.2, 0.25) is 5.91 Å². The van der Waals surface area contributed by atoms with Gasteiger partial charge in [0.1, 0.15) is 11.3 Å². The SMILES string of the molecule is COc1ccc(N(C(=O)c2c(OC(=O)C(C)C)c3c(Cl)cccc3n(C)c2=O)C(=O)C(C)C)cc1. The van der Waals surface area contributed by atoms with Gasteiger partial charge in [0.25, 0.3) is 11.5 Å². The Morgan fingerprint density at radius 2 is 1.60 bits per heavy atom. The number of anilines is 1. The Balaban J connectivity index is 2.36. The van der Waals surface area contributed by atoms with E-state index in [4.69, 9.17) is 21.1 Å². The minimum Gasteiger partial charge on any atom is -0.497 e. The van der Waals surface area contributed by atoms with Gasteiger partial charge in [0.15, 0.2) is 5.75 Å². The van der Waals surface area contributed by atoms with Gasteiger partial charge in [0.05, 0.1) is 34.6 Å². The summed E-state index contributed by atoms with van der Waals surface area (Å²) in [6, 6.07) is 11.1. The number of rotatable bonds is 6. The molecule has 0 aliphatic rings. The first-order valence-electron chi connectivity index (χ1n) is 11.0. The van der Waals surface area contributed by atoms with E-state index in [1.807, 2.05) is 0 Å². The highest BCUT2D eigenvalue weighted by atomic mass is 35.5. The van der Waals surface area contributed by atoms with Gasteiger partial charge in [0, 0.05) is 13.0 Å². The quantitative estimate of drug-likeness (QED) is 0.461. The van der Waals surface area contributed by atoms with Crippen LogP contribution < -0.4 is 19.9 Å². The number of esters is 1. The van der Waals surface area contributed by atoms with Crippen molar-refractivity contribution in [3.05, 3.63) is 63.4 Å². The number of fused-ring (bicyclic) bond motifs is 1. The standard InChI is InChI=1S/C26H27ClN2O6/c1-14(2)23(30)29(16-10-12-17(34-6)13-11-16)25(32)21-22(35-26(33)15(3)4)20-18(27)8-7-9-19(20)28(5)24(21)31/h7-15H,1-6H3. The van der Waals surface area contributed by atoms with Crippen molar-refractivity contribution >= 4 is 46.0 Å². The largest absolute Gasteiger partial charge is 0.497 e. The van der Waals surface area contributed by atoms with E-state index >= 15 is 0 Å². The van der Waals surface area contributed by atoms with Gasteiger partial charge in [-0.3, -0.25) is 19.2 Å². The number of hydrogen-bond acceptors (Lipinski definition) is 6. The number of carbonyl (C=O) groups excluding carboxylic acids is 3. The molecule has 35 heavy (non-hydrogen) atoms. The monoisotopic (exact) mass is 498 g/mol. The zero-order valence-corrected chi connectivity index (χ0v) is 21.2. The van der Waals surface area contributed by atoms with Crippen molar-refractivity contribution in [1.82, 2.24) is 4.57 Å². The summed E-state index contributed by atoms with van der Waals surface area (Å²) in [7, 11) is 2.98. The number of benzene rings is 2. The molecule has 3 rings (SSSR count). The van der Waals surface area contributed by atoms with Crippen molar-refractivity contribution in [2.24, 2.45) is 18.9 Å². The number of nitrogens with zero attached hydrogens (tertiary/aromatic N) is 2. The third kappa shape index (κ3) is 4.93. The molecule has 2 amide bonds. The van der Waals surface area contributed by atoms with Crippen LogP contribution in [0.4, 0.5) is 5.69 Å². The van der Waals surface area contributed by atoms with Crippen molar-refractivity contribution < 1.29 is 23.9 Å². The third-order valence-electron chi connectivity index (χ3n) is 5.46. The molecule has 0 spiro atoms. The fourth-order valence-electron chi connectivity index (χ4n) is 3.47. The summed E-state index contributed by atoms with van der Waals surface area (Å²) in [5, 5.41) is 0.408. The highest BCUT2D eigenvalue weighted by Gasteiger charge is 2.34. The molecule has 0 aliphatic heterocycles. The van der Waals surface area contributed by atoms with E-state index < -0.39 is 40.7 Å². The second-order valence-electron chi connectivity index (χ2n) is 8.61. The van der Waals surface area contributed by atoms with Gasteiger partial charge in [-0.1, -0.05) is 45.4 Å². The van der Waals surface area contributed by atoms with Crippen LogP contribution in [-0.4, -0.2) is 29.5 Å². The van der Waals surface area contributed by atoms with Crippen molar-refractivity contribution in [1.29, 1.82) is 0 Å². The Labute approximate surface area is 208 Å². The number of hydrogen-bond donors (Lipinski definition) is 0. The summed E-state index contributed by atoms with van der Waals surface area (Å²) >= 11 is 6.46. The van der Waals surface area contributed by atoms with Crippen LogP contribution in [0.5, 0.6) is 11.5 Å². The highest BCUT2D eigenvalue weighted by molar-refractivity contribution is 6.36. The second kappa shape index (κ2) is 10.3. The summed E-state index contributed by atoms with van der Waals surface area (Å²) < 4.78 is 12.0. The lowest BCUT2D eigenvalue weighted by molar-refractivity contribution is -0.137. The average molecular weight is 499 g/mol. The molecule has 9 heteroatoms. The maximum absolute atomic E-state index is 14.0. The molecule has 0 N–H and O–H groups in total. The molecule has 0 fully saturated rings. The normalized spacial score (nSPS) is 11.1. The van der Waals surface area contributed by atoms with Crippen molar-refractivity contribution in [2.75, 3.05) is 12.0 Å². The molecule has 0 unspecified atom stereocenters. The topological polar surface area (TPSA) is 94.9 Å². The summed E-state index contributed by atoms with van der Waals surface area (Å²) in [6.45, 7) is 6.53. The Hall–Kier alpha value is -3.65. The molecule has 0 atom stereocenters. The lowest BCUT2D eigenvalue weighted by Gasteiger charge is -2.25. The summed E-state index contributed by atoms with van der Waals surface area (Å²) in [6.07, 6.45) is 0. The zero-order chi connectivity index (χ0) is 26.0. The van der Waals surface area contributed by atoms with Crippen molar-refractivity contribution in [3.63, 3.8) is 0 Å². The van der Waals surface area contributed by atoms with Crippen LogP contribution in [0.1, 0.15) is 38.1 Å². The number of imide groups is 1. The maximum atomic E-state index is 14.0. The number of aromatic nitrogens is 1. The molecule has 2 aromatic carbocycles. The van der Waals surface area contributed by atoms with Crippen LogP contribution in [0.25, 0.3) is 10.9 Å². The van der Waals surface area contributed by atoms with E-state index in [1.54, 1.807) is 58.0 Å². The molecular formula is C26H27ClN2O6. The van der Waals surface area contributed by atoms with Crippen LogP contribution in [0, 0.1) is 11.8 Å². The maximum Gasteiger partial charge on any atom is 0.313 e. The van der Waals surface area contributed by atoms with E-state index in [0.717, 1.165) is 4.90 Å². The number of methoxy groups -OCH3 is 1. The van der Waals surface area contributed by atoms with Gasteiger partial charge in [-0.25, -0.2) is 4.90 Å². The summed E-state index contributed by atoms with van der Waals surface area (Å²) in [4.78, 5) is 54.2. The van der Waals surface area contributed by atoms with E-state index in [0.29, 0.717) is 11.3 Å². The van der Waals surface area contributed by atoms with Gasteiger partial charge in [-0.15, -0.1) is 0 Å². The van der Waals surface area contributed by atoms with Crippen molar-refractivity contribution in [3.8, 4) is 11.5 Å². The van der Waals surface area contributed by atoms with Crippen LogP contribution in [0.15, 0.2) is 47.3 Å². The van der Waals surface area contributed by atoms with Gasteiger partial charge >= 0.3 is 5.97 Å². The number of pyridine rings is 1. The highest BCUT2D eigenvalue weighted by Crippen LogP contribution is 2.35. The Morgan fingerprint density at radius 1 is 0.971 bits per heavy atom. The lowest BCUT2D eigenvalue weighted by Crippen LogP contribution is -2.43. The summed E-state index contributed by atoms with van der Waals surface area (Å²) in [5.74, 6) is -2.99. The first-order chi connectivity index (χ1) is 16.5. The molecule has 0 aliphatic carbocycles. The molecule has 184 valence electrons. The average Bonchev–Trinajstić information content (AvgIpc) is 2.82. The number of ether oxygens (including phenoxy) is 2. The minimum absolute atomic E-state index is 0.185. The van der Waals surface area contributed by atoms with Gasteiger partial charge in [-0.05, 0) is 36.4 Å². The molecule has 0 saturated heterocycles. The van der Waals surface area contributed by atoms with Crippen LogP contribution in [0.3, 0.4) is 0 Å². The van der Waals surface area contributed by atoms with Crippen molar-refractivity contribution in [2.45, 2.75) is 27.7 Å². The smallest absolute Gasteiger partial charge is 0.313 e. The number of halogens is 1. The number of carbonyl (C=O) groups is 3. The predicted octanol–water partition coefficient (Wildman–Crippen LogP) is 4.59. The fraction of sp³-hybridized carbons (Fsp3) is 0.308. The molecule has 0 bridgehead atoms. The molecule has 0 saturated carbocycles. The van der Waals surface area contributed by atoms with E-state index in [2.05, 4.69) is 0 Å². The predicted molar refractivity (Wildman–Crippen MR) is 134 cm³/mol. The molecule has 1 aromatic heterocycles. The third-order valence-corrected chi connectivity index (χ3v) is 5.78. The van der Waals surface area contributed by atoms with Crippen LogP contribution >= 0.6 is 11.6 Å². The molecule has 3 aromatic rings. The van der Waals surface area contributed by atoms with E-state index in [-0.39, 0.29) is 21.8 Å². The number of amides is 2. The molecule has 8 nitrogen and oxygen atoms in total. The van der Waals surface area contributed by atoms with Crippen LogP contribution in [-0.2, 0) is 16.6 Å². The first kappa shape index (κ1) is 26.0. The van der Waals surface area contributed by atoms with Gasteiger partial charge in [-0.2, -0.15) is 0 Å². The molecule has 1 heterocycles. The first-order valence-corrected chi connectivity index (χ1v) is 11.4. The van der Waals surface area contributed by atoms with Crippen LogP contribution in [0.2, 0.25) is 5.02 Å². The fourth-order valence-corrected chi connectivity index (χ4v) is 3.73. The lowest BCUT2D eigenvalue weighted by atomic mass is 10.1. The second-order valence-corrected chi connectivity index (χ2v) is 9.02. The zero-order valence-electron chi connectivity index (χ0n) is 20.4. The Bertz CT molecular complexity index is 1360. The molecular weight excluding hydrogens is 472 g/mol.